The zero-order valence-electron chi connectivity index (χ0n) is 22.2. The number of carbonyl (C=O) groups is 2. The number of rotatable bonds is 6. The minimum absolute atomic E-state index is 0.0906. The van der Waals surface area contributed by atoms with Crippen LogP contribution in [0.25, 0.3) is 11.2 Å². The molecule has 2 saturated heterocycles. The minimum atomic E-state index is -1.41. The number of nitrogens with two attached hydrogens (primary N) is 1. The fourth-order valence-electron chi connectivity index (χ4n) is 5.33. The quantitative estimate of drug-likeness (QED) is 0.372. The number of ether oxygens (including phenoxy) is 2. The molecule has 0 bridgehead atoms. The van der Waals surface area contributed by atoms with Crippen LogP contribution in [0.5, 0.6) is 0 Å². The first kappa shape index (κ1) is 26.7. The topological polar surface area (TPSA) is 178 Å². The molecule has 40 heavy (non-hydrogen) atoms. The number of nitrogens with one attached hydrogen (secondary N) is 1. The highest BCUT2D eigenvalue weighted by molar-refractivity contribution is 5.83. The Morgan fingerprint density at radius 3 is 2.58 bits per heavy atom. The van der Waals surface area contributed by atoms with E-state index in [1.165, 1.54) is 17.3 Å². The van der Waals surface area contributed by atoms with Gasteiger partial charge in [0.1, 0.15) is 17.7 Å². The van der Waals surface area contributed by atoms with Crippen LogP contribution in [0.2, 0.25) is 0 Å². The largest absolute Gasteiger partial charge is 0.449 e. The number of nitrogen functional groups attached to an aromatic ring is 1. The summed E-state index contributed by atoms with van der Waals surface area (Å²) < 4.78 is 12.7. The van der Waals surface area contributed by atoms with Crippen LogP contribution >= 0.6 is 0 Å². The summed E-state index contributed by atoms with van der Waals surface area (Å²) in [7, 11) is 0. The molecule has 2 aromatic rings. The molecule has 0 spiro atoms. The third-order valence-corrected chi connectivity index (χ3v) is 8.27. The number of fused-ring (bicyclic) bond motifs is 1. The van der Waals surface area contributed by atoms with Crippen molar-refractivity contribution in [2.24, 2.45) is 11.8 Å². The van der Waals surface area contributed by atoms with E-state index < -0.39 is 30.4 Å². The van der Waals surface area contributed by atoms with Crippen LogP contribution in [0.15, 0.2) is 6.33 Å². The number of nitrogens with zero attached hydrogens (tertiary/aromatic N) is 5. The van der Waals surface area contributed by atoms with Crippen LogP contribution in [0.4, 0.5) is 10.6 Å². The van der Waals surface area contributed by atoms with Crippen LogP contribution in [-0.2, 0) is 14.3 Å². The number of aliphatic hydroxyl groups excluding tert-OH is 2. The van der Waals surface area contributed by atoms with E-state index in [4.69, 9.17) is 15.2 Å². The molecule has 5 N–H and O–H groups in total. The van der Waals surface area contributed by atoms with Gasteiger partial charge in [0.05, 0.1) is 12.9 Å². The predicted octanol–water partition coefficient (Wildman–Crippen LogP) is 0.697. The van der Waals surface area contributed by atoms with Crippen molar-refractivity contribution in [1.29, 1.82) is 0 Å². The average molecular weight is 554 g/mol. The molecule has 214 valence electrons. The molecule has 4 aliphatic rings. The molecule has 4 heterocycles. The zero-order chi connectivity index (χ0) is 27.8. The Bertz CT molecular complexity index is 1320. The van der Waals surface area contributed by atoms with Gasteiger partial charge in [-0.15, -0.1) is 0 Å². The number of carbonyl (C=O) groups excluding carboxylic acids is 2. The fourth-order valence-corrected chi connectivity index (χ4v) is 5.33. The lowest BCUT2D eigenvalue weighted by molar-refractivity contribution is -0.137. The van der Waals surface area contributed by atoms with E-state index in [2.05, 4.69) is 32.1 Å². The molecule has 0 aromatic carbocycles. The van der Waals surface area contributed by atoms with Crippen LogP contribution in [-0.4, -0.2) is 90.7 Å². The highest BCUT2D eigenvalue weighted by Crippen LogP contribution is 2.33. The maximum absolute atomic E-state index is 12.5. The van der Waals surface area contributed by atoms with Crippen molar-refractivity contribution in [3.8, 4) is 11.8 Å². The lowest BCUT2D eigenvalue weighted by atomic mass is 9.86. The van der Waals surface area contributed by atoms with Crippen molar-refractivity contribution in [3.63, 3.8) is 0 Å². The lowest BCUT2D eigenvalue weighted by Gasteiger charge is -2.32. The van der Waals surface area contributed by atoms with E-state index in [0.29, 0.717) is 43.5 Å². The first-order valence-electron chi connectivity index (χ1n) is 14.1. The van der Waals surface area contributed by atoms with Gasteiger partial charge in [0.2, 0.25) is 5.82 Å². The molecule has 2 aromatic heterocycles. The van der Waals surface area contributed by atoms with Gasteiger partial charge < -0.3 is 35.6 Å². The van der Waals surface area contributed by atoms with Crippen molar-refractivity contribution in [3.05, 3.63) is 12.2 Å². The molecular weight excluding hydrogens is 518 g/mol. The standard InChI is InChI=1S/C27H35N7O6/c28-23-19-24(34(14-29-19)26-21(36)20(35)22(40-26)25(37)30-17-7-8-17)32-18(31-23)6-2-3-15-9-11-33(12-10-15)27(38)39-13-16-4-1-5-16/h14-17,20-22,26,35-36H,1,3-5,7-13H2,(H,30,37)(H2,28,31,32)/t20-,21+,22-,26+/m0/s1. The van der Waals surface area contributed by atoms with Gasteiger partial charge in [0.25, 0.3) is 5.91 Å². The van der Waals surface area contributed by atoms with Crippen molar-refractivity contribution >= 4 is 29.0 Å². The number of hydrogen-bond donors (Lipinski definition) is 4. The van der Waals surface area contributed by atoms with Crippen molar-refractivity contribution < 1.29 is 29.3 Å². The summed E-state index contributed by atoms with van der Waals surface area (Å²) in [5.41, 5.74) is 6.71. The smallest absolute Gasteiger partial charge is 0.409 e. The minimum Gasteiger partial charge on any atom is -0.449 e. The Morgan fingerprint density at radius 2 is 1.88 bits per heavy atom. The average Bonchev–Trinajstić information content (AvgIpc) is 3.55. The normalized spacial score (nSPS) is 27.2. The second-order valence-electron chi connectivity index (χ2n) is 11.3. The van der Waals surface area contributed by atoms with Gasteiger partial charge in [0, 0.05) is 25.6 Å². The first-order valence-corrected chi connectivity index (χ1v) is 14.1. The van der Waals surface area contributed by atoms with Gasteiger partial charge in [-0.1, -0.05) is 12.3 Å². The predicted molar refractivity (Wildman–Crippen MR) is 141 cm³/mol. The number of imidazole rings is 1. The van der Waals surface area contributed by atoms with Gasteiger partial charge in [-0.3, -0.25) is 9.36 Å². The summed E-state index contributed by atoms with van der Waals surface area (Å²) in [6, 6.07) is 0.0906. The molecule has 4 atom stereocenters. The molecule has 2 amide bonds. The molecule has 13 nitrogen and oxygen atoms in total. The Labute approximate surface area is 231 Å². The molecule has 0 unspecified atom stereocenters. The molecule has 2 saturated carbocycles. The van der Waals surface area contributed by atoms with Crippen LogP contribution in [0.1, 0.15) is 63.4 Å². The summed E-state index contributed by atoms with van der Waals surface area (Å²) >= 11 is 0. The third-order valence-electron chi connectivity index (χ3n) is 8.27. The highest BCUT2D eigenvalue weighted by Gasteiger charge is 2.48. The maximum atomic E-state index is 12.5. The first-order chi connectivity index (χ1) is 19.4. The van der Waals surface area contributed by atoms with Crippen molar-refractivity contribution in [1.82, 2.24) is 29.7 Å². The Balaban J connectivity index is 1.08. The number of aliphatic hydroxyl groups is 2. The number of aromatic nitrogens is 4. The fraction of sp³-hybridized carbons (Fsp3) is 0.667. The third kappa shape index (κ3) is 5.56. The second-order valence-corrected chi connectivity index (χ2v) is 11.3. The molecule has 0 radical (unpaired) electrons. The van der Waals surface area contributed by atoms with E-state index >= 15 is 0 Å². The number of hydrogen-bond acceptors (Lipinski definition) is 10. The molecule has 2 aliphatic heterocycles. The number of likely N-dealkylation sites (tertiary alicyclic amines) is 1. The lowest BCUT2D eigenvalue weighted by Crippen LogP contribution is -2.43. The molecule has 4 fully saturated rings. The van der Waals surface area contributed by atoms with Crippen LogP contribution < -0.4 is 11.1 Å². The van der Waals surface area contributed by atoms with Gasteiger partial charge in [0.15, 0.2) is 23.8 Å². The van der Waals surface area contributed by atoms with E-state index in [9.17, 15) is 19.8 Å². The highest BCUT2D eigenvalue weighted by atomic mass is 16.6. The summed E-state index contributed by atoms with van der Waals surface area (Å²) in [5.74, 6) is 6.84. The molecule has 2 aliphatic carbocycles. The van der Waals surface area contributed by atoms with E-state index in [1.54, 1.807) is 4.90 Å². The van der Waals surface area contributed by atoms with Gasteiger partial charge in [-0.25, -0.2) is 19.7 Å². The van der Waals surface area contributed by atoms with Gasteiger partial charge >= 0.3 is 6.09 Å². The number of anilines is 1. The summed E-state index contributed by atoms with van der Waals surface area (Å²) in [5, 5.41) is 23.9. The van der Waals surface area contributed by atoms with E-state index in [0.717, 1.165) is 38.5 Å². The molecule has 6 rings (SSSR count). The Morgan fingerprint density at radius 1 is 1.10 bits per heavy atom. The van der Waals surface area contributed by atoms with Crippen LogP contribution in [0.3, 0.4) is 0 Å². The SMILES string of the molecule is Nc1nc(C#CCC2CCN(C(=O)OCC3CCC3)CC2)nc2c1ncn2[C@@H]1O[C@H](C(=O)NC2CC2)[C@@H](O)[C@H]1O. The zero-order valence-corrected chi connectivity index (χ0v) is 22.2. The van der Waals surface area contributed by atoms with Gasteiger partial charge in [-0.2, -0.15) is 0 Å². The summed E-state index contributed by atoms with van der Waals surface area (Å²) in [6.07, 6.45) is 3.71. The summed E-state index contributed by atoms with van der Waals surface area (Å²) in [4.78, 5) is 39.5. The van der Waals surface area contributed by atoms with E-state index in [1.807, 2.05) is 0 Å². The number of piperidine rings is 1. The van der Waals surface area contributed by atoms with E-state index in [-0.39, 0.29) is 29.4 Å². The Kier molecular flexibility index (Phi) is 7.48. The molecular formula is C27H35N7O6. The second kappa shape index (κ2) is 11.2. The van der Waals surface area contributed by atoms with Crippen molar-refractivity contribution in [2.75, 3.05) is 25.4 Å². The number of amides is 2. The molecule has 13 heteroatoms. The Hall–Kier alpha value is -3.47. The summed E-state index contributed by atoms with van der Waals surface area (Å²) in [6.45, 7) is 1.83. The van der Waals surface area contributed by atoms with Crippen molar-refractivity contribution in [2.45, 2.75) is 81.9 Å². The van der Waals surface area contributed by atoms with Crippen LogP contribution in [0, 0.1) is 23.7 Å². The monoisotopic (exact) mass is 553 g/mol. The van der Waals surface area contributed by atoms with Gasteiger partial charge in [-0.05, 0) is 56.3 Å². The maximum Gasteiger partial charge on any atom is 0.409 e.